The molecule has 5 nitrogen and oxygen atoms in total. The van der Waals surface area contributed by atoms with Gasteiger partial charge in [-0.1, -0.05) is 11.6 Å². The number of halogens is 1. The molecule has 0 aliphatic carbocycles. The molecule has 0 saturated heterocycles. The second-order valence-corrected chi connectivity index (χ2v) is 4.55. The van der Waals surface area contributed by atoms with Gasteiger partial charge in [-0.25, -0.2) is 4.68 Å². The molecule has 1 aromatic carbocycles. The largest absolute Gasteiger partial charge is 0.323 e. The number of rotatable bonds is 4. The summed E-state index contributed by atoms with van der Waals surface area (Å²) >= 11 is 5.96. The highest BCUT2D eigenvalue weighted by atomic mass is 35.5. The number of nitrogens with two attached hydrogens (primary N) is 1. The van der Waals surface area contributed by atoms with Crippen LogP contribution in [0.25, 0.3) is 5.69 Å². The van der Waals surface area contributed by atoms with E-state index >= 15 is 0 Å². The van der Waals surface area contributed by atoms with Crippen LogP contribution in [0.4, 0.5) is 5.69 Å². The molecule has 6 heteroatoms. The van der Waals surface area contributed by atoms with E-state index < -0.39 is 6.04 Å². The summed E-state index contributed by atoms with van der Waals surface area (Å²) in [4.78, 5) is 11.9. The van der Waals surface area contributed by atoms with Crippen molar-refractivity contribution in [2.24, 2.45) is 5.73 Å². The number of aromatic nitrogens is 2. The molecule has 0 aliphatic rings. The van der Waals surface area contributed by atoms with E-state index in [0.717, 1.165) is 0 Å². The van der Waals surface area contributed by atoms with Gasteiger partial charge in [0.05, 0.1) is 17.4 Å². The topological polar surface area (TPSA) is 72.9 Å². The van der Waals surface area contributed by atoms with Crippen molar-refractivity contribution < 1.29 is 4.79 Å². The third-order valence-corrected chi connectivity index (χ3v) is 2.88. The smallest absolute Gasteiger partial charge is 0.242 e. The molecule has 0 fully saturated rings. The third-order valence-electron chi connectivity index (χ3n) is 2.64. The summed E-state index contributed by atoms with van der Waals surface area (Å²) in [6.07, 6.45) is 8.72. The summed E-state index contributed by atoms with van der Waals surface area (Å²) in [6.45, 7) is 0. The minimum Gasteiger partial charge on any atom is -0.323 e. The fourth-order valence-corrected chi connectivity index (χ4v) is 1.84. The van der Waals surface area contributed by atoms with E-state index in [1.807, 2.05) is 0 Å². The summed E-state index contributed by atoms with van der Waals surface area (Å²) in [5.41, 5.74) is 6.89. The van der Waals surface area contributed by atoms with Gasteiger partial charge in [0.1, 0.15) is 0 Å². The Labute approximate surface area is 121 Å². The van der Waals surface area contributed by atoms with E-state index in [4.69, 9.17) is 23.8 Å². The van der Waals surface area contributed by atoms with Crippen LogP contribution in [0.1, 0.15) is 6.42 Å². The number of terminal acetylenes is 1. The van der Waals surface area contributed by atoms with E-state index in [9.17, 15) is 4.79 Å². The highest BCUT2D eigenvalue weighted by Gasteiger charge is 2.15. The van der Waals surface area contributed by atoms with Crippen molar-refractivity contribution in [2.45, 2.75) is 12.5 Å². The number of hydrogen-bond acceptors (Lipinski definition) is 3. The standard InChI is InChI=1S/C14H13ClN4O/c1-2-4-11(16)14(20)18-12-9-10(15)5-6-13(12)19-8-3-7-17-19/h1,3,5-9,11H,4,16H2,(H,18,20). The number of nitrogens with one attached hydrogen (secondary N) is 1. The molecule has 3 N–H and O–H groups in total. The molecule has 2 rings (SSSR count). The van der Waals surface area contributed by atoms with Gasteiger partial charge in [0.25, 0.3) is 0 Å². The molecule has 1 amide bonds. The summed E-state index contributed by atoms with van der Waals surface area (Å²) in [7, 11) is 0. The highest BCUT2D eigenvalue weighted by Crippen LogP contribution is 2.24. The zero-order valence-corrected chi connectivity index (χ0v) is 11.3. The van der Waals surface area contributed by atoms with Gasteiger partial charge in [0.15, 0.2) is 0 Å². The van der Waals surface area contributed by atoms with Crippen molar-refractivity contribution in [2.75, 3.05) is 5.32 Å². The van der Waals surface area contributed by atoms with Gasteiger partial charge >= 0.3 is 0 Å². The second kappa shape index (κ2) is 6.24. The third kappa shape index (κ3) is 3.18. The zero-order chi connectivity index (χ0) is 14.5. The molecule has 1 unspecified atom stereocenters. The van der Waals surface area contributed by atoms with E-state index in [-0.39, 0.29) is 12.3 Å². The number of benzene rings is 1. The van der Waals surface area contributed by atoms with Crippen LogP contribution in [-0.2, 0) is 4.79 Å². The molecule has 20 heavy (non-hydrogen) atoms. The van der Waals surface area contributed by atoms with Crippen LogP contribution in [0.3, 0.4) is 0 Å². The van der Waals surface area contributed by atoms with Crippen molar-refractivity contribution in [3.8, 4) is 18.0 Å². The molecule has 0 aliphatic heterocycles. The van der Waals surface area contributed by atoms with Crippen LogP contribution < -0.4 is 11.1 Å². The Morgan fingerprint density at radius 1 is 1.60 bits per heavy atom. The Morgan fingerprint density at radius 3 is 3.05 bits per heavy atom. The second-order valence-electron chi connectivity index (χ2n) is 4.12. The van der Waals surface area contributed by atoms with Crippen molar-refractivity contribution in [3.05, 3.63) is 41.7 Å². The lowest BCUT2D eigenvalue weighted by Gasteiger charge is -2.14. The van der Waals surface area contributed by atoms with Crippen molar-refractivity contribution in [3.63, 3.8) is 0 Å². The average molecular weight is 289 g/mol. The Balaban J connectivity index is 2.29. The number of carbonyl (C=O) groups excluding carboxylic acids is 1. The molecule has 2 aromatic rings. The summed E-state index contributed by atoms with van der Waals surface area (Å²) in [5.74, 6) is 2.00. The predicted octanol–water partition coefficient (Wildman–Crippen LogP) is 1.81. The van der Waals surface area contributed by atoms with E-state index in [1.165, 1.54) is 0 Å². The Kier molecular flexibility index (Phi) is 4.41. The predicted molar refractivity (Wildman–Crippen MR) is 78.6 cm³/mol. The minimum atomic E-state index is -0.760. The van der Waals surface area contributed by atoms with Crippen LogP contribution >= 0.6 is 11.6 Å². The van der Waals surface area contributed by atoms with Gasteiger partial charge in [-0.05, 0) is 24.3 Å². The summed E-state index contributed by atoms with van der Waals surface area (Å²) in [5, 5.41) is 7.35. The first-order valence-corrected chi connectivity index (χ1v) is 6.29. The minimum absolute atomic E-state index is 0.170. The van der Waals surface area contributed by atoms with Crippen LogP contribution in [0.2, 0.25) is 5.02 Å². The normalized spacial score (nSPS) is 11.7. The lowest BCUT2D eigenvalue weighted by molar-refractivity contribution is -0.117. The monoisotopic (exact) mass is 288 g/mol. The van der Waals surface area contributed by atoms with Crippen LogP contribution in [0.5, 0.6) is 0 Å². The van der Waals surface area contributed by atoms with E-state index in [2.05, 4.69) is 16.3 Å². The van der Waals surface area contributed by atoms with Gasteiger partial charge in [-0.15, -0.1) is 12.3 Å². The van der Waals surface area contributed by atoms with Gasteiger partial charge < -0.3 is 11.1 Å². The lowest BCUT2D eigenvalue weighted by Crippen LogP contribution is -2.35. The van der Waals surface area contributed by atoms with Crippen molar-refractivity contribution in [1.29, 1.82) is 0 Å². The number of anilines is 1. The first kappa shape index (κ1) is 14.1. The number of carbonyl (C=O) groups is 1. The van der Waals surface area contributed by atoms with Gasteiger partial charge in [0.2, 0.25) is 5.91 Å². The maximum Gasteiger partial charge on any atom is 0.242 e. The molecule has 102 valence electrons. The van der Waals surface area contributed by atoms with Gasteiger partial charge in [-0.2, -0.15) is 5.10 Å². The number of hydrogen-bond donors (Lipinski definition) is 2. The first-order valence-electron chi connectivity index (χ1n) is 5.91. The number of amides is 1. The maximum atomic E-state index is 11.9. The fraction of sp³-hybridized carbons (Fsp3) is 0.143. The van der Waals surface area contributed by atoms with Crippen LogP contribution in [-0.4, -0.2) is 21.7 Å². The lowest BCUT2D eigenvalue weighted by atomic mass is 10.2. The highest BCUT2D eigenvalue weighted by molar-refractivity contribution is 6.31. The molecule has 0 spiro atoms. The average Bonchev–Trinajstić information content (AvgIpc) is 2.93. The Morgan fingerprint density at radius 2 is 2.40 bits per heavy atom. The van der Waals surface area contributed by atoms with E-state index in [0.29, 0.717) is 16.4 Å². The zero-order valence-electron chi connectivity index (χ0n) is 10.6. The molecule has 0 radical (unpaired) electrons. The molecular formula is C14H13ClN4O. The van der Waals surface area contributed by atoms with Crippen LogP contribution in [0.15, 0.2) is 36.7 Å². The summed E-state index contributed by atoms with van der Waals surface area (Å²) < 4.78 is 1.62. The molecule has 0 bridgehead atoms. The van der Waals surface area contributed by atoms with Crippen molar-refractivity contribution in [1.82, 2.24) is 9.78 Å². The Bertz CT molecular complexity index is 646. The SMILES string of the molecule is C#CCC(N)C(=O)Nc1cc(Cl)ccc1-n1cccn1. The quantitative estimate of drug-likeness (QED) is 0.843. The molecule has 1 atom stereocenters. The van der Waals surface area contributed by atoms with E-state index in [1.54, 1.807) is 41.3 Å². The maximum absolute atomic E-state index is 11.9. The van der Waals surface area contributed by atoms with Gasteiger partial charge in [-0.3, -0.25) is 4.79 Å². The van der Waals surface area contributed by atoms with Crippen molar-refractivity contribution >= 4 is 23.2 Å². The number of nitrogens with zero attached hydrogens (tertiary/aromatic N) is 2. The molecule has 0 saturated carbocycles. The summed E-state index contributed by atoms with van der Waals surface area (Å²) in [6, 6.07) is 6.14. The molecule has 1 aromatic heterocycles. The molecule has 1 heterocycles. The Hall–Kier alpha value is -2.29. The first-order chi connectivity index (χ1) is 9.61. The fourth-order valence-electron chi connectivity index (χ4n) is 1.66. The van der Waals surface area contributed by atoms with Crippen LogP contribution in [0, 0.1) is 12.3 Å². The molecular weight excluding hydrogens is 276 g/mol. The van der Waals surface area contributed by atoms with Gasteiger partial charge in [0, 0.05) is 23.8 Å².